The highest BCUT2D eigenvalue weighted by Gasteiger charge is 2.86. The highest BCUT2D eigenvalue weighted by molar-refractivity contribution is 5.83. The molecule has 0 bridgehead atoms. The molecule has 0 aliphatic heterocycles. The normalized spacial score (nSPS) is 14.1. The van der Waals surface area contributed by atoms with Crippen molar-refractivity contribution >= 4 is 22.7 Å². The van der Waals surface area contributed by atoms with Gasteiger partial charge in [-0.25, -0.2) is 0 Å². The molecule has 2 aromatic carbocycles. The third-order valence-electron chi connectivity index (χ3n) is 6.98. The van der Waals surface area contributed by atoms with Gasteiger partial charge in [0.15, 0.2) is 0 Å². The van der Waals surface area contributed by atoms with Gasteiger partial charge in [-0.15, -0.1) is 0 Å². The number of hydrogen-bond donors (Lipinski definition) is 0. The summed E-state index contributed by atoms with van der Waals surface area (Å²) in [4.78, 5) is 22.6. The van der Waals surface area contributed by atoms with Crippen LogP contribution in [0, 0.1) is 11.8 Å². The topological polar surface area (TPSA) is 71.1 Å². The van der Waals surface area contributed by atoms with Crippen LogP contribution in [0.3, 0.4) is 0 Å². The van der Waals surface area contributed by atoms with Crippen LogP contribution in [0.25, 0.3) is 10.8 Å². The fourth-order valence-corrected chi connectivity index (χ4v) is 3.44. The van der Waals surface area contributed by atoms with Crippen LogP contribution in [-0.4, -0.2) is 74.8 Å². The van der Waals surface area contributed by atoms with E-state index in [9.17, 15) is 57.9 Å². The molecule has 0 N–H and O–H groups in total. The summed E-state index contributed by atoms with van der Waals surface area (Å²) in [6.45, 7) is 6.59. The van der Waals surface area contributed by atoms with Crippen LogP contribution in [0.2, 0.25) is 0 Å². The minimum atomic E-state index is -7.44. The number of halogens is 11. The molecule has 0 radical (unpaired) electrons. The van der Waals surface area contributed by atoms with Crippen molar-refractivity contribution in [3.05, 3.63) is 42.5 Å². The maximum atomic E-state index is 13.2. The molecule has 17 heteroatoms. The lowest BCUT2D eigenvalue weighted by Gasteiger charge is -2.37. The van der Waals surface area contributed by atoms with Crippen LogP contribution in [0.4, 0.5) is 48.3 Å². The zero-order valence-corrected chi connectivity index (χ0v) is 26.5. The molecule has 6 nitrogen and oxygen atoms in total. The maximum Gasteiger partial charge on any atom is 0.460 e. The predicted molar refractivity (Wildman–Crippen MR) is 152 cm³/mol. The van der Waals surface area contributed by atoms with Gasteiger partial charge in [0.1, 0.15) is 19.0 Å². The summed E-state index contributed by atoms with van der Waals surface area (Å²) >= 11 is 0. The van der Waals surface area contributed by atoms with Crippen molar-refractivity contribution in [1.82, 2.24) is 0 Å². The van der Waals surface area contributed by atoms with Gasteiger partial charge in [0, 0.05) is 0 Å². The van der Waals surface area contributed by atoms with E-state index in [1.807, 2.05) is 44.2 Å². The fraction of sp³-hybridized carbons (Fsp3) is 0.613. The molecule has 0 spiro atoms. The molecule has 0 aliphatic carbocycles. The van der Waals surface area contributed by atoms with E-state index < -0.39 is 54.8 Å². The second-order valence-corrected chi connectivity index (χ2v) is 10.6. The Bertz CT molecular complexity index is 1300. The van der Waals surface area contributed by atoms with Crippen molar-refractivity contribution in [1.29, 1.82) is 0 Å². The Hall–Kier alpha value is -3.37. The van der Waals surface area contributed by atoms with E-state index in [1.165, 1.54) is 19.2 Å². The first-order valence-corrected chi connectivity index (χ1v) is 14.7. The van der Waals surface area contributed by atoms with Crippen molar-refractivity contribution < 1.29 is 76.8 Å². The van der Waals surface area contributed by atoms with E-state index in [1.54, 1.807) is 0 Å². The van der Waals surface area contributed by atoms with Crippen LogP contribution >= 0.6 is 0 Å². The first-order chi connectivity index (χ1) is 22.1. The summed E-state index contributed by atoms with van der Waals surface area (Å²) < 4.78 is 160. The van der Waals surface area contributed by atoms with Crippen molar-refractivity contribution in [2.45, 2.75) is 76.8 Å². The van der Waals surface area contributed by atoms with E-state index in [-0.39, 0.29) is 18.3 Å². The Morgan fingerprint density at radius 2 is 1.12 bits per heavy atom. The van der Waals surface area contributed by atoms with Gasteiger partial charge >= 0.3 is 41.8 Å². The zero-order chi connectivity index (χ0) is 37.0. The minimum absolute atomic E-state index is 0.0498. The van der Waals surface area contributed by atoms with E-state index in [0.29, 0.717) is 26.4 Å². The van der Waals surface area contributed by atoms with E-state index >= 15 is 0 Å². The average Bonchev–Trinajstić information content (AvgIpc) is 3.02. The molecule has 274 valence electrons. The molecular weight excluding hydrogens is 677 g/mol. The van der Waals surface area contributed by atoms with Crippen molar-refractivity contribution in [3.63, 3.8) is 0 Å². The third kappa shape index (κ3) is 11.1. The number of alkyl halides is 11. The molecule has 0 aliphatic rings. The lowest BCUT2D eigenvalue weighted by molar-refractivity contribution is -0.422. The van der Waals surface area contributed by atoms with Gasteiger partial charge in [0.2, 0.25) is 0 Å². The zero-order valence-electron chi connectivity index (χ0n) is 26.5. The number of benzene rings is 2. The summed E-state index contributed by atoms with van der Waals surface area (Å²) in [5, 5.41) is 2.35. The summed E-state index contributed by atoms with van der Waals surface area (Å²) in [5.74, 6) is -29.3. The van der Waals surface area contributed by atoms with E-state index in [0.717, 1.165) is 17.6 Å². The quantitative estimate of drug-likeness (QED) is 0.0927. The van der Waals surface area contributed by atoms with Gasteiger partial charge in [-0.3, -0.25) is 9.59 Å². The van der Waals surface area contributed by atoms with Gasteiger partial charge in [-0.1, -0.05) is 58.0 Å². The number of fused-ring (bicyclic) bond motifs is 1. The van der Waals surface area contributed by atoms with E-state index in [2.05, 4.69) is 16.9 Å². The summed E-state index contributed by atoms with van der Waals surface area (Å²) in [7, 11) is 0. The van der Waals surface area contributed by atoms with Crippen molar-refractivity contribution in [2.75, 3.05) is 33.0 Å². The standard InChI is InChI=1S/C19H24O4.C12H13F11O2/c1-3-15(2)19(20)23-13-11-21-10-12-22-18-9-8-16-6-4-5-7-17(16)14-18;1-3-6(2)7(24)25-5-4-8(13,14)9(15,16)10(17,18)11(19,20)12(21,22)23/h4-9,14-15H,3,10-13H2,1-2H3;6H,3-5H2,1-2H3. The maximum absolute atomic E-state index is 13.2. The summed E-state index contributed by atoms with van der Waals surface area (Å²) in [6.07, 6.45) is -8.63. The van der Waals surface area contributed by atoms with Crippen molar-refractivity contribution in [3.8, 4) is 5.75 Å². The molecule has 2 unspecified atom stereocenters. The number of rotatable bonds is 17. The fourth-order valence-electron chi connectivity index (χ4n) is 3.44. The highest BCUT2D eigenvalue weighted by Crippen LogP contribution is 2.57. The molecular formula is C31H37F11O6. The molecule has 48 heavy (non-hydrogen) atoms. The van der Waals surface area contributed by atoms with Gasteiger partial charge in [-0.2, -0.15) is 48.3 Å². The number of ether oxygens (including phenoxy) is 4. The molecule has 2 rings (SSSR count). The number of carbonyl (C=O) groups is 2. The predicted octanol–water partition coefficient (Wildman–Crippen LogP) is 8.89. The number of carbonyl (C=O) groups excluding carboxylic acids is 2. The Morgan fingerprint density at radius 3 is 1.65 bits per heavy atom. The van der Waals surface area contributed by atoms with Crippen LogP contribution < -0.4 is 4.74 Å². The SMILES string of the molecule is CCC(C)C(=O)OCCC(F)(F)C(F)(F)C(F)(F)C(F)(F)C(F)(F)F.CCC(C)C(=O)OCCOCCOc1ccc2ccccc2c1. The number of hydrogen-bond acceptors (Lipinski definition) is 6. The molecule has 0 saturated carbocycles. The molecule has 2 aromatic rings. The number of esters is 2. The van der Waals surface area contributed by atoms with E-state index in [4.69, 9.17) is 14.2 Å². The van der Waals surface area contributed by atoms with Gasteiger partial charge < -0.3 is 18.9 Å². The minimum Gasteiger partial charge on any atom is -0.491 e. The summed E-state index contributed by atoms with van der Waals surface area (Å²) in [5.41, 5.74) is 0. The Kier molecular flexibility index (Phi) is 15.9. The summed E-state index contributed by atoms with van der Waals surface area (Å²) in [6, 6.07) is 14.2. The molecule has 0 heterocycles. The molecule has 2 atom stereocenters. The molecule has 0 saturated heterocycles. The first-order valence-electron chi connectivity index (χ1n) is 14.7. The van der Waals surface area contributed by atoms with Crippen molar-refractivity contribution in [2.24, 2.45) is 11.8 Å². The molecule has 0 aromatic heterocycles. The molecule has 0 amide bonds. The van der Waals surface area contributed by atoms with Gasteiger partial charge in [-0.05, 0) is 35.7 Å². The van der Waals surface area contributed by atoms with Crippen LogP contribution in [0.1, 0.15) is 47.0 Å². The Balaban J connectivity index is 0.000000481. The lowest BCUT2D eigenvalue weighted by atomic mass is 9.96. The lowest BCUT2D eigenvalue weighted by Crippen LogP contribution is -2.66. The third-order valence-corrected chi connectivity index (χ3v) is 6.98. The van der Waals surface area contributed by atoms with Crippen LogP contribution in [0.15, 0.2) is 42.5 Å². The largest absolute Gasteiger partial charge is 0.491 e. The molecule has 0 fully saturated rings. The monoisotopic (exact) mass is 714 g/mol. The Labute approximate surface area is 269 Å². The Morgan fingerprint density at radius 1 is 0.625 bits per heavy atom. The van der Waals surface area contributed by atoms with Gasteiger partial charge in [0.05, 0.1) is 38.1 Å². The van der Waals surface area contributed by atoms with Gasteiger partial charge in [0.25, 0.3) is 0 Å². The van der Waals surface area contributed by atoms with Crippen LogP contribution in [0.5, 0.6) is 5.75 Å². The first kappa shape index (κ1) is 42.7. The van der Waals surface area contributed by atoms with Crippen LogP contribution in [-0.2, 0) is 23.8 Å². The average molecular weight is 715 g/mol. The smallest absolute Gasteiger partial charge is 0.460 e. The second-order valence-electron chi connectivity index (χ2n) is 10.6. The second kappa shape index (κ2) is 17.9. The highest BCUT2D eigenvalue weighted by atomic mass is 19.4.